The van der Waals surface area contributed by atoms with E-state index in [1.807, 2.05) is 0 Å². The molecule has 2 aromatic rings. The SMILES string of the molecule is COc1cc(OC)cc(Oc2c[c]oc2)c1. The Morgan fingerprint density at radius 3 is 2.06 bits per heavy atom. The van der Waals surface area contributed by atoms with E-state index in [9.17, 15) is 0 Å². The second kappa shape index (κ2) is 4.61. The molecule has 0 saturated heterocycles. The van der Waals surface area contributed by atoms with Gasteiger partial charge in [-0.15, -0.1) is 0 Å². The highest BCUT2D eigenvalue weighted by Crippen LogP contribution is 2.30. The molecule has 0 aliphatic heterocycles. The number of rotatable bonds is 4. The molecule has 0 spiro atoms. The third-order valence-corrected chi connectivity index (χ3v) is 2.00. The maximum atomic E-state index is 5.52. The number of furan rings is 1. The molecule has 0 aliphatic rings. The van der Waals surface area contributed by atoms with Crippen molar-refractivity contribution in [1.29, 1.82) is 0 Å². The van der Waals surface area contributed by atoms with E-state index in [-0.39, 0.29) is 0 Å². The van der Waals surface area contributed by atoms with E-state index in [1.54, 1.807) is 38.5 Å². The van der Waals surface area contributed by atoms with E-state index in [1.165, 1.54) is 6.26 Å². The quantitative estimate of drug-likeness (QED) is 0.792. The second-order valence-electron chi connectivity index (χ2n) is 3.05. The average molecular weight is 219 g/mol. The first-order valence-electron chi connectivity index (χ1n) is 4.67. The molecule has 0 fully saturated rings. The molecular formula is C12H11O4. The average Bonchev–Trinajstić information content (AvgIpc) is 2.81. The van der Waals surface area contributed by atoms with Crippen LogP contribution in [0.4, 0.5) is 0 Å². The molecule has 0 bridgehead atoms. The third kappa shape index (κ3) is 2.28. The predicted octanol–water partition coefficient (Wildman–Crippen LogP) is 2.89. The van der Waals surface area contributed by atoms with Crippen molar-refractivity contribution in [3.05, 3.63) is 36.8 Å². The minimum atomic E-state index is 0.579. The van der Waals surface area contributed by atoms with E-state index >= 15 is 0 Å². The van der Waals surface area contributed by atoms with Gasteiger partial charge >= 0.3 is 0 Å². The van der Waals surface area contributed by atoms with E-state index in [0.29, 0.717) is 23.0 Å². The van der Waals surface area contributed by atoms with Crippen LogP contribution in [0.25, 0.3) is 0 Å². The fourth-order valence-corrected chi connectivity index (χ4v) is 1.25. The zero-order valence-corrected chi connectivity index (χ0v) is 9.02. The maximum absolute atomic E-state index is 5.52. The van der Waals surface area contributed by atoms with Gasteiger partial charge in [0, 0.05) is 24.3 Å². The van der Waals surface area contributed by atoms with E-state index in [4.69, 9.17) is 18.6 Å². The van der Waals surface area contributed by atoms with Gasteiger partial charge in [-0.25, -0.2) is 0 Å². The first-order valence-corrected chi connectivity index (χ1v) is 4.67. The highest BCUT2D eigenvalue weighted by atomic mass is 16.5. The topological polar surface area (TPSA) is 40.8 Å². The van der Waals surface area contributed by atoms with Gasteiger partial charge in [0.05, 0.1) is 14.2 Å². The van der Waals surface area contributed by atoms with Crippen molar-refractivity contribution < 1.29 is 18.6 Å². The Balaban J connectivity index is 2.26. The lowest BCUT2D eigenvalue weighted by Gasteiger charge is -2.08. The predicted molar refractivity (Wildman–Crippen MR) is 57.2 cm³/mol. The molecule has 1 radical (unpaired) electrons. The van der Waals surface area contributed by atoms with Crippen LogP contribution in [0.2, 0.25) is 0 Å². The minimum Gasteiger partial charge on any atom is -0.496 e. The van der Waals surface area contributed by atoms with Crippen LogP contribution in [0, 0.1) is 6.26 Å². The molecule has 0 unspecified atom stereocenters. The van der Waals surface area contributed by atoms with Crippen molar-refractivity contribution in [2.45, 2.75) is 0 Å². The molecule has 2 rings (SSSR count). The monoisotopic (exact) mass is 219 g/mol. The van der Waals surface area contributed by atoms with E-state index in [2.05, 4.69) is 6.26 Å². The Labute approximate surface area is 93.4 Å². The summed E-state index contributed by atoms with van der Waals surface area (Å²) in [4.78, 5) is 0. The highest BCUT2D eigenvalue weighted by molar-refractivity contribution is 5.43. The van der Waals surface area contributed by atoms with Crippen molar-refractivity contribution in [2.75, 3.05) is 14.2 Å². The van der Waals surface area contributed by atoms with Crippen molar-refractivity contribution in [1.82, 2.24) is 0 Å². The summed E-state index contributed by atoms with van der Waals surface area (Å²) in [6.07, 6.45) is 4.01. The lowest BCUT2D eigenvalue weighted by atomic mass is 10.3. The van der Waals surface area contributed by atoms with Crippen molar-refractivity contribution in [2.24, 2.45) is 0 Å². The first kappa shape index (κ1) is 10.4. The van der Waals surface area contributed by atoms with Gasteiger partial charge in [0.2, 0.25) is 0 Å². The Bertz CT molecular complexity index is 426. The Morgan fingerprint density at radius 2 is 1.56 bits per heavy atom. The first-order chi connectivity index (χ1) is 7.81. The number of benzene rings is 1. The molecule has 16 heavy (non-hydrogen) atoms. The third-order valence-electron chi connectivity index (χ3n) is 2.00. The van der Waals surface area contributed by atoms with E-state index in [0.717, 1.165) is 0 Å². The summed E-state index contributed by atoms with van der Waals surface area (Å²) in [5.74, 6) is 2.53. The number of methoxy groups -OCH3 is 2. The van der Waals surface area contributed by atoms with Gasteiger partial charge in [0.1, 0.15) is 23.5 Å². The minimum absolute atomic E-state index is 0.579. The smallest absolute Gasteiger partial charge is 0.173 e. The second-order valence-corrected chi connectivity index (χ2v) is 3.05. The lowest BCUT2D eigenvalue weighted by Crippen LogP contribution is -1.89. The lowest BCUT2D eigenvalue weighted by molar-refractivity contribution is 0.386. The number of hydrogen-bond acceptors (Lipinski definition) is 4. The summed E-state index contributed by atoms with van der Waals surface area (Å²) in [5.41, 5.74) is 0. The van der Waals surface area contributed by atoms with Gasteiger partial charge in [-0.3, -0.25) is 0 Å². The van der Waals surface area contributed by atoms with Gasteiger partial charge in [-0.1, -0.05) is 0 Å². The molecule has 4 heteroatoms. The molecule has 0 saturated carbocycles. The van der Waals surface area contributed by atoms with E-state index < -0.39 is 0 Å². The summed E-state index contributed by atoms with van der Waals surface area (Å²) in [7, 11) is 3.17. The van der Waals surface area contributed by atoms with Crippen LogP contribution in [0.5, 0.6) is 23.0 Å². The Kier molecular flexibility index (Phi) is 3.00. The largest absolute Gasteiger partial charge is 0.496 e. The van der Waals surface area contributed by atoms with Gasteiger partial charge in [0.25, 0.3) is 0 Å². The molecule has 0 aliphatic carbocycles. The summed E-state index contributed by atoms with van der Waals surface area (Å²) < 4.78 is 20.6. The number of ether oxygens (including phenoxy) is 3. The summed E-state index contributed by atoms with van der Waals surface area (Å²) in [6, 6.07) is 6.89. The van der Waals surface area contributed by atoms with Crippen LogP contribution in [-0.4, -0.2) is 14.2 Å². The molecular weight excluding hydrogens is 208 g/mol. The standard InChI is InChI=1S/C12H11O4/c1-13-10-5-11(14-2)7-12(6-10)16-9-3-4-15-8-9/h3,5-8H,1-2H3. The van der Waals surface area contributed by atoms with Gasteiger partial charge in [-0.2, -0.15) is 0 Å². The van der Waals surface area contributed by atoms with Crippen LogP contribution in [0.1, 0.15) is 0 Å². The molecule has 0 atom stereocenters. The molecule has 0 amide bonds. The fraction of sp³-hybridized carbons (Fsp3) is 0.167. The van der Waals surface area contributed by atoms with Gasteiger partial charge < -0.3 is 18.6 Å². The van der Waals surface area contributed by atoms with Crippen molar-refractivity contribution in [3.8, 4) is 23.0 Å². The van der Waals surface area contributed by atoms with Crippen LogP contribution in [0.3, 0.4) is 0 Å². The van der Waals surface area contributed by atoms with Crippen LogP contribution in [0.15, 0.2) is 34.9 Å². The van der Waals surface area contributed by atoms with Crippen molar-refractivity contribution >= 4 is 0 Å². The zero-order chi connectivity index (χ0) is 11.4. The number of hydrogen-bond donors (Lipinski definition) is 0. The van der Waals surface area contributed by atoms with Crippen molar-refractivity contribution in [3.63, 3.8) is 0 Å². The summed E-state index contributed by atoms with van der Waals surface area (Å²) in [6.45, 7) is 0. The molecule has 83 valence electrons. The molecule has 1 aromatic heterocycles. The molecule has 1 aromatic carbocycles. The summed E-state index contributed by atoms with van der Waals surface area (Å²) in [5, 5.41) is 0. The van der Waals surface area contributed by atoms with Crippen LogP contribution < -0.4 is 14.2 Å². The van der Waals surface area contributed by atoms with Crippen LogP contribution >= 0.6 is 0 Å². The van der Waals surface area contributed by atoms with Gasteiger partial charge in [0.15, 0.2) is 12.0 Å². The molecule has 1 heterocycles. The molecule has 0 N–H and O–H groups in total. The Morgan fingerprint density at radius 1 is 0.938 bits per heavy atom. The normalized spacial score (nSPS) is 9.88. The fourth-order valence-electron chi connectivity index (χ4n) is 1.25. The van der Waals surface area contributed by atoms with Crippen LogP contribution in [-0.2, 0) is 0 Å². The van der Waals surface area contributed by atoms with Gasteiger partial charge in [-0.05, 0) is 0 Å². The Hall–Kier alpha value is -2.10. The maximum Gasteiger partial charge on any atom is 0.173 e. The molecule has 4 nitrogen and oxygen atoms in total. The summed E-state index contributed by atoms with van der Waals surface area (Å²) >= 11 is 0. The zero-order valence-electron chi connectivity index (χ0n) is 9.02. The highest BCUT2D eigenvalue weighted by Gasteiger charge is 2.04.